The number of nitrogens with one attached hydrogen (secondary N) is 1. The summed E-state index contributed by atoms with van der Waals surface area (Å²) >= 11 is 0. The van der Waals surface area contributed by atoms with Crippen molar-refractivity contribution in [2.75, 3.05) is 5.32 Å². The van der Waals surface area contributed by atoms with Gasteiger partial charge in [0.1, 0.15) is 0 Å². The van der Waals surface area contributed by atoms with Crippen LogP contribution in [-0.4, -0.2) is 0 Å². The number of aryl methyl sites for hydroxylation is 1. The molecule has 0 bridgehead atoms. The van der Waals surface area contributed by atoms with Crippen LogP contribution in [0.5, 0.6) is 0 Å². The summed E-state index contributed by atoms with van der Waals surface area (Å²) in [7, 11) is 0. The average Bonchev–Trinajstić information content (AvgIpc) is 2.88. The van der Waals surface area contributed by atoms with Gasteiger partial charge >= 0.3 is 0 Å². The fraction of sp³-hybridized carbons (Fsp3) is 0.333. The van der Waals surface area contributed by atoms with Gasteiger partial charge in [0.05, 0.1) is 12.5 Å². The largest absolute Gasteiger partial charge is 0.472 e. The highest BCUT2D eigenvalue weighted by atomic mass is 16.3. The van der Waals surface area contributed by atoms with Crippen LogP contribution in [0.3, 0.4) is 0 Å². The van der Waals surface area contributed by atoms with E-state index in [1.54, 1.807) is 12.5 Å². The van der Waals surface area contributed by atoms with E-state index in [0.717, 1.165) is 12.2 Å². The van der Waals surface area contributed by atoms with Gasteiger partial charge in [-0.3, -0.25) is 0 Å². The summed E-state index contributed by atoms with van der Waals surface area (Å²) in [6, 6.07) is 10.7. The molecule has 17 heavy (non-hydrogen) atoms. The van der Waals surface area contributed by atoms with Crippen LogP contribution in [0, 0.1) is 0 Å². The van der Waals surface area contributed by atoms with Crippen molar-refractivity contribution in [1.29, 1.82) is 0 Å². The molecule has 2 heteroatoms. The van der Waals surface area contributed by atoms with Gasteiger partial charge in [-0.15, -0.1) is 0 Å². The predicted octanol–water partition coefficient (Wildman–Crippen LogP) is 4.23. The Kier molecular flexibility index (Phi) is 4.25. The number of benzene rings is 1. The highest BCUT2D eigenvalue weighted by Gasteiger charge is 1.96. The molecule has 2 aromatic rings. The van der Waals surface area contributed by atoms with Gasteiger partial charge in [0.15, 0.2) is 0 Å². The van der Waals surface area contributed by atoms with E-state index in [1.165, 1.54) is 30.4 Å². The first-order valence-corrected chi connectivity index (χ1v) is 6.22. The van der Waals surface area contributed by atoms with Crippen molar-refractivity contribution < 1.29 is 4.42 Å². The molecule has 2 rings (SSSR count). The molecule has 0 fully saturated rings. The van der Waals surface area contributed by atoms with Crippen molar-refractivity contribution in [2.24, 2.45) is 0 Å². The lowest BCUT2D eigenvalue weighted by molar-refractivity contribution is 0.564. The first-order chi connectivity index (χ1) is 8.38. The molecule has 2 nitrogen and oxygen atoms in total. The molecule has 1 heterocycles. The zero-order chi connectivity index (χ0) is 11.9. The number of unbranched alkanes of at least 4 members (excludes halogenated alkanes) is 1. The summed E-state index contributed by atoms with van der Waals surface area (Å²) in [4.78, 5) is 0. The Morgan fingerprint density at radius 2 is 1.88 bits per heavy atom. The van der Waals surface area contributed by atoms with Crippen molar-refractivity contribution in [3.8, 4) is 0 Å². The SMILES string of the molecule is CCCCc1ccc(NCc2ccoc2)cc1. The van der Waals surface area contributed by atoms with Gasteiger partial charge in [0.2, 0.25) is 0 Å². The van der Waals surface area contributed by atoms with Crippen molar-refractivity contribution in [1.82, 2.24) is 0 Å². The van der Waals surface area contributed by atoms with Crippen LogP contribution in [0.4, 0.5) is 5.69 Å². The molecule has 0 saturated carbocycles. The first-order valence-electron chi connectivity index (χ1n) is 6.22. The van der Waals surface area contributed by atoms with Crippen LogP contribution in [-0.2, 0) is 13.0 Å². The monoisotopic (exact) mass is 229 g/mol. The van der Waals surface area contributed by atoms with E-state index >= 15 is 0 Å². The van der Waals surface area contributed by atoms with Crippen molar-refractivity contribution in [2.45, 2.75) is 32.7 Å². The minimum Gasteiger partial charge on any atom is -0.472 e. The third kappa shape index (κ3) is 3.66. The number of furan rings is 1. The van der Waals surface area contributed by atoms with Crippen LogP contribution >= 0.6 is 0 Å². The van der Waals surface area contributed by atoms with Crippen LogP contribution in [0.15, 0.2) is 47.3 Å². The molecule has 0 saturated heterocycles. The molecule has 0 spiro atoms. The van der Waals surface area contributed by atoms with E-state index in [0.29, 0.717) is 0 Å². The number of hydrogen-bond acceptors (Lipinski definition) is 2. The number of anilines is 1. The zero-order valence-electron chi connectivity index (χ0n) is 10.3. The molecule has 0 unspecified atom stereocenters. The van der Waals surface area contributed by atoms with Crippen molar-refractivity contribution in [3.63, 3.8) is 0 Å². The number of rotatable bonds is 6. The lowest BCUT2D eigenvalue weighted by atomic mass is 10.1. The Morgan fingerprint density at radius 1 is 1.06 bits per heavy atom. The second kappa shape index (κ2) is 6.14. The summed E-state index contributed by atoms with van der Waals surface area (Å²) in [5.41, 5.74) is 3.74. The van der Waals surface area contributed by atoms with E-state index in [1.807, 2.05) is 6.07 Å². The molecular formula is C15H19NO. The summed E-state index contributed by atoms with van der Waals surface area (Å²) < 4.78 is 5.03. The van der Waals surface area contributed by atoms with E-state index in [9.17, 15) is 0 Å². The Bertz CT molecular complexity index is 417. The molecule has 0 aliphatic heterocycles. The molecule has 0 atom stereocenters. The molecule has 1 N–H and O–H groups in total. The molecule has 0 aliphatic carbocycles. The molecule has 0 radical (unpaired) electrons. The van der Waals surface area contributed by atoms with E-state index in [-0.39, 0.29) is 0 Å². The average molecular weight is 229 g/mol. The van der Waals surface area contributed by atoms with Gasteiger partial charge in [-0.05, 0) is 36.6 Å². The van der Waals surface area contributed by atoms with Gasteiger partial charge in [-0.25, -0.2) is 0 Å². The van der Waals surface area contributed by atoms with Crippen LogP contribution in [0.2, 0.25) is 0 Å². The summed E-state index contributed by atoms with van der Waals surface area (Å²) in [6.07, 6.45) is 7.16. The van der Waals surface area contributed by atoms with E-state index < -0.39 is 0 Å². The second-order valence-corrected chi connectivity index (χ2v) is 4.29. The first kappa shape index (κ1) is 11.8. The molecule has 1 aromatic carbocycles. The smallest absolute Gasteiger partial charge is 0.0952 e. The third-order valence-electron chi connectivity index (χ3n) is 2.85. The molecular weight excluding hydrogens is 210 g/mol. The van der Waals surface area contributed by atoms with Gasteiger partial charge in [0.25, 0.3) is 0 Å². The van der Waals surface area contributed by atoms with Gasteiger partial charge < -0.3 is 9.73 Å². The van der Waals surface area contributed by atoms with Crippen LogP contribution in [0.25, 0.3) is 0 Å². The normalized spacial score (nSPS) is 10.4. The maximum Gasteiger partial charge on any atom is 0.0952 e. The lowest BCUT2D eigenvalue weighted by Crippen LogP contribution is -1.98. The zero-order valence-corrected chi connectivity index (χ0v) is 10.3. The fourth-order valence-corrected chi connectivity index (χ4v) is 1.77. The van der Waals surface area contributed by atoms with E-state index in [2.05, 4.69) is 36.5 Å². The highest BCUT2D eigenvalue weighted by molar-refractivity contribution is 5.45. The summed E-state index contributed by atoms with van der Waals surface area (Å²) in [5, 5.41) is 3.37. The van der Waals surface area contributed by atoms with Gasteiger partial charge in [0, 0.05) is 17.8 Å². The maximum absolute atomic E-state index is 5.03. The highest BCUT2D eigenvalue weighted by Crippen LogP contribution is 2.13. The quantitative estimate of drug-likeness (QED) is 0.801. The topological polar surface area (TPSA) is 25.2 Å². The van der Waals surface area contributed by atoms with E-state index in [4.69, 9.17) is 4.42 Å². The minimum atomic E-state index is 0.810. The van der Waals surface area contributed by atoms with Crippen molar-refractivity contribution >= 4 is 5.69 Å². The Balaban J connectivity index is 1.85. The Morgan fingerprint density at radius 3 is 2.53 bits per heavy atom. The van der Waals surface area contributed by atoms with Crippen LogP contribution < -0.4 is 5.32 Å². The second-order valence-electron chi connectivity index (χ2n) is 4.29. The van der Waals surface area contributed by atoms with Gasteiger partial charge in [-0.1, -0.05) is 25.5 Å². The summed E-state index contributed by atoms with van der Waals surface area (Å²) in [6.45, 7) is 3.03. The predicted molar refractivity (Wildman–Crippen MR) is 71.1 cm³/mol. The van der Waals surface area contributed by atoms with Crippen LogP contribution in [0.1, 0.15) is 30.9 Å². The molecule has 90 valence electrons. The molecule has 0 amide bonds. The summed E-state index contributed by atoms with van der Waals surface area (Å²) in [5.74, 6) is 0. The fourth-order valence-electron chi connectivity index (χ4n) is 1.77. The molecule has 1 aromatic heterocycles. The number of hydrogen-bond donors (Lipinski definition) is 1. The van der Waals surface area contributed by atoms with Crippen molar-refractivity contribution in [3.05, 3.63) is 54.0 Å². The standard InChI is InChI=1S/C15H19NO/c1-2-3-4-13-5-7-15(8-6-13)16-11-14-9-10-17-12-14/h5-10,12,16H,2-4,11H2,1H3. The Labute approximate surface area is 103 Å². The lowest BCUT2D eigenvalue weighted by Gasteiger charge is -2.06. The third-order valence-corrected chi connectivity index (χ3v) is 2.85. The van der Waals surface area contributed by atoms with Gasteiger partial charge in [-0.2, -0.15) is 0 Å². The minimum absolute atomic E-state index is 0.810. The maximum atomic E-state index is 5.03. The Hall–Kier alpha value is -1.70. The molecule has 0 aliphatic rings.